The highest BCUT2D eigenvalue weighted by Gasteiger charge is 2.35. The first-order chi connectivity index (χ1) is 8.74. The second kappa shape index (κ2) is 5.33. The highest BCUT2D eigenvalue weighted by molar-refractivity contribution is 14.1. The summed E-state index contributed by atoms with van der Waals surface area (Å²) in [6.07, 6.45) is 5.20. The molecule has 4 heteroatoms. The molecule has 1 aromatic rings. The molecule has 2 unspecified atom stereocenters. The summed E-state index contributed by atoms with van der Waals surface area (Å²) < 4.78 is 14.1. The van der Waals surface area contributed by atoms with E-state index in [4.69, 9.17) is 0 Å². The van der Waals surface area contributed by atoms with Crippen LogP contribution >= 0.6 is 22.6 Å². The molecule has 2 aliphatic heterocycles. The van der Waals surface area contributed by atoms with Crippen molar-refractivity contribution in [2.24, 2.45) is 0 Å². The maximum atomic E-state index is 13.1. The molecule has 1 aromatic carbocycles. The number of nitrogens with one attached hydrogen (secondary N) is 1. The van der Waals surface area contributed by atoms with Crippen LogP contribution in [-0.2, 0) is 0 Å². The number of hydrogen-bond acceptors (Lipinski definition) is 2. The van der Waals surface area contributed by atoms with Crippen LogP contribution in [0.4, 0.5) is 10.1 Å². The van der Waals surface area contributed by atoms with E-state index in [0.717, 1.165) is 9.26 Å². The number of hydrogen-bond donors (Lipinski definition) is 1. The van der Waals surface area contributed by atoms with E-state index in [1.807, 2.05) is 6.07 Å². The van der Waals surface area contributed by atoms with E-state index in [1.165, 1.54) is 44.8 Å². The molecule has 0 radical (unpaired) electrons. The van der Waals surface area contributed by atoms with E-state index in [-0.39, 0.29) is 5.82 Å². The third-order valence-electron chi connectivity index (χ3n) is 4.13. The van der Waals surface area contributed by atoms with E-state index in [1.54, 1.807) is 6.07 Å². The average molecular weight is 360 g/mol. The summed E-state index contributed by atoms with van der Waals surface area (Å²) in [5, 5.41) is 3.62. The van der Waals surface area contributed by atoms with E-state index in [9.17, 15) is 4.39 Å². The van der Waals surface area contributed by atoms with Gasteiger partial charge in [-0.2, -0.15) is 0 Å². The quantitative estimate of drug-likeness (QED) is 0.813. The Kier molecular flexibility index (Phi) is 3.75. The maximum Gasteiger partial charge on any atom is 0.124 e. The standard InChI is InChI=1S/C14H18FIN2/c15-10-4-5-12(11(16)9-10)17-13-6-8-18-7-2-1-3-14(13)18/h4-5,9,13-14,17H,1-3,6-8H2. The third kappa shape index (κ3) is 2.50. The zero-order valence-corrected chi connectivity index (χ0v) is 12.5. The number of benzene rings is 1. The Morgan fingerprint density at radius 2 is 2.11 bits per heavy atom. The Hall–Kier alpha value is -0.360. The third-order valence-corrected chi connectivity index (χ3v) is 5.02. The van der Waals surface area contributed by atoms with Crippen LogP contribution in [0.25, 0.3) is 0 Å². The maximum absolute atomic E-state index is 13.1. The van der Waals surface area contributed by atoms with Crippen LogP contribution < -0.4 is 5.32 Å². The summed E-state index contributed by atoms with van der Waals surface area (Å²) in [5.74, 6) is -0.157. The largest absolute Gasteiger partial charge is 0.380 e. The molecule has 2 saturated heterocycles. The molecular formula is C14H18FIN2. The average Bonchev–Trinajstić information content (AvgIpc) is 2.76. The molecule has 2 nitrogen and oxygen atoms in total. The lowest BCUT2D eigenvalue weighted by Crippen LogP contribution is -2.41. The summed E-state index contributed by atoms with van der Waals surface area (Å²) in [6.45, 7) is 2.46. The van der Waals surface area contributed by atoms with Crippen LogP contribution in [0.5, 0.6) is 0 Å². The first-order valence-electron chi connectivity index (χ1n) is 6.70. The lowest BCUT2D eigenvalue weighted by molar-refractivity contribution is 0.193. The number of halogens is 2. The minimum Gasteiger partial charge on any atom is -0.380 e. The SMILES string of the molecule is Fc1ccc(NC2CCN3CCCCC23)c(I)c1. The predicted molar refractivity (Wildman–Crippen MR) is 80.4 cm³/mol. The number of fused-ring (bicyclic) bond motifs is 1. The lowest BCUT2D eigenvalue weighted by Gasteiger charge is -2.33. The second-order valence-corrected chi connectivity index (χ2v) is 6.42. The van der Waals surface area contributed by atoms with Gasteiger partial charge in [-0.15, -0.1) is 0 Å². The molecular weight excluding hydrogens is 342 g/mol. The summed E-state index contributed by atoms with van der Waals surface area (Å²) in [5.41, 5.74) is 1.08. The summed E-state index contributed by atoms with van der Waals surface area (Å²) in [7, 11) is 0. The van der Waals surface area contributed by atoms with E-state index in [0.29, 0.717) is 12.1 Å². The summed E-state index contributed by atoms with van der Waals surface area (Å²) in [6, 6.07) is 6.21. The van der Waals surface area contributed by atoms with Gasteiger partial charge in [-0.25, -0.2) is 4.39 Å². The minimum absolute atomic E-state index is 0.157. The molecule has 2 aliphatic rings. The Bertz CT molecular complexity index is 438. The molecule has 0 spiro atoms. The van der Waals surface area contributed by atoms with Gasteiger partial charge >= 0.3 is 0 Å². The van der Waals surface area contributed by atoms with Gasteiger partial charge < -0.3 is 5.32 Å². The van der Waals surface area contributed by atoms with E-state index < -0.39 is 0 Å². The van der Waals surface area contributed by atoms with Crippen LogP contribution in [0.2, 0.25) is 0 Å². The molecule has 0 amide bonds. The van der Waals surface area contributed by atoms with E-state index >= 15 is 0 Å². The molecule has 18 heavy (non-hydrogen) atoms. The van der Waals surface area contributed by atoms with Crippen molar-refractivity contribution in [1.82, 2.24) is 4.90 Å². The highest BCUT2D eigenvalue weighted by atomic mass is 127. The van der Waals surface area contributed by atoms with Gasteiger partial charge in [-0.1, -0.05) is 6.42 Å². The van der Waals surface area contributed by atoms with Crippen LogP contribution in [0.1, 0.15) is 25.7 Å². The second-order valence-electron chi connectivity index (χ2n) is 5.26. The first-order valence-corrected chi connectivity index (χ1v) is 7.77. The number of rotatable bonds is 2. The highest BCUT2D eigenvalue weighted by Crippen LogP contribution is 2.30. The molecule has 3 rings (SSSR count). The van der Waals surface area contributed by atoms with Gasteiger partial charge in [0.05, 0.1) is 0 Å². The molecule has 0 aromatic heterocycles. The van der Waals surface area contributed by atoms with Crippen LogP contribution in [0.15, 0.2) is 18.2 Å². The van der Waals surface area contributed by atoms with Crippen molar-refractivity contribution < 1.29 is 4.39 Å². The van der Waals surface area contributed by atoms with Crippen molar-refractivity contribution in [3.63, 3.8) is 0 Å². The van der Waals surface area contributed by atoms with Gasteiger partial charge in [0.2, 0.25) is 0 Å². The molecule has 0 saturated carbocycles. The fourth-order valence-corrected chi connectivity index (χ4v) is 3.85. The van der Waals surface area contributed by atoms with E-state index in [2.05, 4.69) is 32.8 Å². The molecule has 2 atom stereocenters. The van der Waals surface area contributed by atoms with Gasteiger partial charge in [0.15, 0.2) is 0 Å². The molecule has 2 heterocycles. The lowest BCUT2D eigenvalue weighted by atomic mass is 9.99. The number of piperidine rings is 1. The molecule has 98 valence electrons. The van der Waals surface area contributed by atoms with Gasteiger partial charge in [0.25, 0.3) is 0 Å². The molecule has 0 aliphatic carbocycles. The normalized spacial score (nSPS) is 28.1. The molecule has 2 fully saturated rings. The Labute approximate surface area is 121 Å². The number of anilines is 1. The Balaban J connectivity index is 1.72. The Morgan fingerprint density at radius 3 is 2.94 bits per heavy atom. The summed E-state index contributed by atoms with van der Waals surface area (Å²) in [4.78, 5) is 2.61. The smallest absolute Gasteiger partial charge is 0.124 e. The van der Waals surface area contributed by atoms with Gasteiger partial charge in [0.1, 0.15) is 5.82 Å². The molecule has 1 N–H and O–H groups in total. The van der Waals surface area contributed by atoms with Gasteiger partial charge in [0, 0.05) is 27.9 Å². The van der Waals surface area contributed by atoms with Gasteiger partial charge in [-0.05, 0) is 66.6 Å². The fourth-order valence-electron chi connectivity index (χ4n) is 3.22. The van der Waals surface area contributed by atoms with Crippen LogP contribution in [0, 0.1) is 9.39 Å². The minimum atomic E-state index is -0.157. The topological polar surface area (TPSA) is 15.3 Å². The first kappa shape index (κ1) is 12.7. The monoisotopic (exact) mass is 360 g/mol. The Morgan fingerprint density at radius 1 is 1.22 bits per heavy atom. The van der Waals surface area contributed by atoms with Crippen molar-refractivity contribution >= 4 is 28.3 Å². The van der Waals surface area contributed by atoms with Crippen molar-refractivity contribution in [1.29, 1.82) is 0 Å². The van der Waals surface area contributed by atoms with Crippen molar-refractivity contribution in [3.05, 3.63) is 27.6 Å². The fraction of sp³-hybridized carbons (Fsp3) is 0.571. The predicted octanol–water partition coefficient (Wildman–Crippen LogP) is 3.47. The van der Waals surface area contributed by atoms with Crippen molar-refractivity contribution in [3.8, 4) is 0 Å². The zero-order valence-electron chi connectivity index (χ0n) is 10.3. The van der Waals surface area contributed by atoms with Crippen LogP contribution in [0.3, 0.4) is 0 Å². The summed E-state index contributed by atoms with van der Waals surface area (Å²) >= 11 is 2.20. The zero-order chi connectivity index (χ0) is 12.5. The number of nitrogens with zero attached hydrogens (tertiary/aromatic N) is 1. The van der Waals surface area contributed by atoms with Crippen molar-refractivity contribution in [2.75, 3.05) is 18.4 Å². The van der Waals surface area contributed by atoms with Crippen LogP contribution in [-0.4, -0.2) is 30.1 Å². The van der Waals surface area contributed by atoms with Gasteiger partial charge in [-0.3, -0.25) is 4.90 Å². The van der Waals surface area contributed by atoms with Crippen molar-refractivity contribution in [2.45, 2.75) is 37.8 Å². The molecule has 0 bridgehead atoms.